The fourth-order valence-electron chi connectivity index (χ4n) is 2.49. The maximum Gasteiger partial charge on any atom is 0.266 e. The lowest BCUT2D eigenvalue weighted by Gasteiger charge is -2.16. The number of likely N-dealkylation sites (N-methyl/N-ethyl adjacent to an activating group) is 1. The van der Waals surface area contributed by atoms with Gasteiger partial charge >= 0.3 is 0 Å². The summed E-state index contributed by atoms with van der Waals surface area (Å²) in [6.45, 7) is 8.98. The van der Waals surface area contributed by atoms with Crippen molar-refractivity contribution in [2.75, 3.05) is 20.7 Å². The van der Waals surface area contributed by atoms with Crippen LogP contribution in [0.4, 0.5) is 0 Å². The van der Waals surface area contributed by atoms with Crippen molar-refractivity contribution in [3.63, 3.8) is 0 Å². The van der Waals surface area contributed by atoms with Crippen molar-refractivity contribution >= 4 is 28.9 Å². The fourth-order valence-corrected chi connectivity index (χ4v) is 3.41. The van der Waals surface area contributed by atoms with E-state index in [-0.39, 0.29) is 5.91 Å². The zero-order valence-corrected chi connectivity index (χ0v) is 15.5. The van der Waals surface area contributed by atoms with E-state index in [1.165, 1.54) is 11.8 Å². The normalized spacial score (nSPS) is 18.6. The van der Waals surface area contributed by atoms with E-state index in [0.29, 0.717) is 17.4 Å². The Balaban J connectivity index is 2.46. The van der Waals surface area contributed by atoms with Crippen LogP contribution >= 0.6 is 11.8 Å². The van der Waals surface area contributed by atoms with Crippen molar-refractivity contribution in [2.45, 2.75) is 33.6 Å². The van der Waals surface area contributed by atoms with Gasteiger partial charge in [-0.1, -0.05) is 13.8 Å². The molecule has 4 nitrogen and oxygen atoms in total. The van der Waals surface area contributed by atoms with Gasteiger partial charge in [0.05, 0.1) is 11.5 Å². The van der Waals surface area contributed by atoms with Gasteiger partial charge < -0.3 is 4.74 Å². The van der Waals surface area contributed by atoms with Gasteiger partial charge in [0, 0.05) is 14.1 Å². The van der Waals surface area contributed by atoms with Gasteiger partial charge in [-0.25, -0.2) is 0 Å². The first-order valence-corrected chi connectivity index (χ1v) is 8.62. The van der Waals surface area contributed by atoms with Crippen LogP contribution in [0.15, 0.2) is 22.0 Å². The summed E-state index contributed by atoms with van der Waals surface area (Å²) in [5, 5.41) is 0.730. The lowest BCUT2D eigenvalue weighted by molar-refractivity contribution is -0.121. The van der Waals surface area contributed by atoms with Crippen LogP contribution in [0.25, 0.3) is 6.08 Å². The first-order chi connectivity index (χ1) is 10.9. The molecule has 0 bridgehead atoms. The van der Waals surface area contributed by atoms with Crippen LogP contribution in [0.2, 0.25) is 0 Å². The lowest BCUT2D eigenvalue weighted by atomic mass is 9.96. The minimum atomic E-state index is -0.00465. The van der Waals surface area contributed by atoms with E-state index >= 15 is 0 Å². The number of benzene rings is 1. The molecular formula is C18H24N2O2S. The van der Waals surface area contributed by atoms with Crippen LogP contribution in [-0.2, 0) is 4.79 Å². The van der Waals surface area contributed by atoms with Gasteiger partial charge in [0.1, 0.15) is 5.75 Å². The Morgan fingerprint density at radius 1 is 1.39 bits per heavy atom. The highest BCUT2D eigenvalue weighted by Gasteiger charge is 2.29. The Bertz CT molecular complexity index is 678. The smallest absolute Gasteiger partial charge is 0.266 e. The van der Waals surface area contributed by atoms with Crippen molar-refractivity contribution in [3.05, 3.63) is 33.7 Å². The number of rotatable bonds is 4. The van der Waals surface area contributed by atoms with Gasteiger partial charge in [0.2, 0.25) is 0 Å². The second-order valence-electron chi connectivity index (χ2n) is 5.82. The summed E-state index contributed by atoms with van der Waals surface area (Å²) in [5.41, 5.74) is 3.32. The summed E-state index contributed by atoms with van der Waals surface area (Å²) < 4.78 is 5.76. The maximum absolute atomic E-state index is 12.3. The summed E-state index contributed by atoms with van der Waals surface area (Å²) in [7, 11) is 3.46. The summed E-state index contributed by atoms with van der Waals surface area (Å²) >= 11 is 1.42. The molecule has 0 spiro atoms. The van der Waals surface area contributed by atoms with Crippen LogP contribution in [0, 0.1) is 6.92 Å². The molecule has 1 aliphatic rings. The van der Waals surface area contributed by atoms with E-state index in [1.54, 1.807) is 19.0 Å². The van der Waals surface area contributed by atoms with Crippen molar-refractivity contribution in [3.8, 4) is 5.75 Å². The number of carbonyl (C=O) groups excluding carboxylic acids is 1. The van der Waals surface area contributed by atoms with Crippen LogP contribution in [-0.4, -0.2) is 36.7 Å². The highest BCUT2D eigenvalue weighted by Crippen LogP contribution is 2.35. The van der Waals surface area contributed by atoms with E-state index in [1.807, 2.05) is 19.9 Å². The highest BCUT2D eigenvalue weighted by molar-refractivity contribution is 8.18. The van der Waals surface area contributed by atoms with Gasteiger partial charge in [-0.2, -0.15) is 0 Å². The number of amidine groups is 1. The predicted octanol–water partition coefficient (Wildman–Crippen LogP) is 4.05. The molecule has 1 amide bonds. The third kappa shape index (κ3) is 3.61. The van der Waals surface area contributed by atoms with Crippen LogP contribution < -0.4 is 4.74 Å². The van der Waals surface area contributed by atoms with Gasteiger partial charge in [0.25, 0.3) is 5.91 Å². The molecule has 1 heterocycles. The topological polar surface area (TPSA) is 41.9 Å². The predicted molar refractivity (Wildman–Crippen MR) is 98.1 cm³/mol. The summed E-state index contributed by atoms with van der Waals surface area (Å²) in [4.78, 5) is 18.7. The molecule has 5 heteroatoms. The molecule has 23 heavy (non-hydrogen) atoms. The molecule has 1 fully saturated rings. The first kappa shape index (κ1) is 17.6. The molecule has 0 atom stereocenters. The number of aryl methyl sites for hydroxylation is 1. The van der Waals surface area contributed by atoms with Gasteiger partial charge in [0.15, 0.2) is 5.17 Å². The van der Waals surface area contributed by atoms with Crippen molar-refractivity contribution in [1.29, 1.82) is 0 Å². The Kier molecular flexibility index (Phi) is 5.52. The molecule has 0 aromatic heterocycles. The molecule has 0 unspecified atom stereocenters. The lowest BCUT2D eigenvalue weighted by Crippen LogP contribution is -2.23. The zero-order valence-electron chi connectivity index (χ0n) is 14.6. The molecule has 1 aromatic rings. The molecule has 2 rings (SSSR count). The maximum atomic E-state index is 12.3. The third-order valence-corrected chi connectivity index (χ3v) is 4.95. The number of carbonyl (C=O) groups is 1. The summed E-state index contributed by atoms with van der Waals surface area (Å²) in [6, 6.07) is 4.20. The Hall–Kier alpha value is -1.75. The first-order valence-electron chi connectivity index (χ1n) is 7.80. The third-order valence-electron chi connectivity index (χ3n) is 3.80. The van der Waals surface area contributed by atoms with Crippen LogP contribution in [0.1, 0.15) is 43.4 Å². The van der Waals surface area contributed by atoms with Crippen LogP contribution in [0.5, 0.6) is 5.75 Å². The highest BCUT2D eigenvalue weighted by atomic mass is 32.2. The van der Waals surface area contributed by atoms with Crippen LogP contribution in [0.3, 0.4) is 0 Å². The van der Waals surface area contributed by atoms with E-state index in [9.17, 15) is 4.79 Å². The quantitative estimate of drug-likeness (QED) is 0.781. The summed E-state index contributed by atoms with van der Waals surface area (Å²) in [5.74, 6) is 1.28. The van der Waals surface area contributed by atoms with E-state index in [0.717, 1.165) is 27.6 Å². The average molecular weight is 332 g/mol. The van der Waals surface area contributed by atoms with Crippen molar-refractivity contribution < 1.29 is 9.53 Å². The molecular weight excluding hydrogens is 308 g/mol. The van der Waals surface area contributed by atoms with E-state index in [4.69, 9.17) is 4.74 Å². The average Bonchev–Trinajstić information content (AvgIpc) is 2.77. The minimum absolute atomic E-state index is 0.00465. The minimum Gasteiger partial charge on any atom is -0.494 e. The Morgan fingerprint density at radius 2 is 2.09 bits per heavy atom. The second kappa shape index (κ2) is 7.21. The molecule has 0 radical (unpaired) electrons. The molecule has 0 saturated carbocycles. The number of thioether (sulfide) groups is 1. The van der Waals surface area contributed by atoms with E-state index in [2.05, 4.69) is 31.0 Å². The molecule has 1 aliphatic heterocycles. The summed E-state index contributed by atoms with van der Waals surface area (Å²) in [6.07, 6.45) is 1.96. The number of ether oxygens (including phenoxy) is 1. The van der Waals surface area contributed by atoms with Gasteiger partial charge in [-0.05, 0) is 66.4 Å². The molecule has 0 aliphatic carbocycles. The van der Waals surface area contributed by atoms with Gasteiger partial charge in [-0.15, -0.1) is 0 Å². The molecule has 124 valence electrons. The zero-order chi connectivity index (χ0) is 17.1. The SMILES string of the molecule is CCOc1cc(C)c(/C=C2/SC(=NC)N(C)C2=O)cc1C(C)C. The number of hydrogen-bond acceptors (Lipinski definition) is 4. The molecule has 1 aromatic carbocycles. The molecule has 0 N–H and O–H groups in total. The Labute approximate surface area is 142 Å². The van der Waals surface area contributed by atoms with Crippen molar-refractivity contribution in [1.82, 2.24) is 4.90 Å². The second-order valence-corrected chi connectivity index (χ2v) is 6.82. The number of aliphatic imine (C=N–C) groups is 1. The fraction of sp³-hybridized carbons (Fsp3) is 0.444. The van der Waals surface area contributed by atoms with Crippen molar-refractivity contribution in [2.24, 2.45) is 4.99 Å². The van der Waals surface area contributed by atoms with Gasteiger partial charge in [-0.3, -0.25) is 14.7 Å². The monoisotopic (exact) mass is 332 g/mol. The largest absolute Gasteiger partial charge is 0.494 e. The number of hydrogen-bond donors (Lipinski definition) is 0. The number of nitrogens with zero attached hydrogens (tertiary/aromatic N) is 2. The van der Waals surface area contributed by atoms with E-state index < -0.39 is 0 Å². The molecule has 1 saturated heterocycles. The Morgan fingerprint density at radius 3 is 2.61 bits per heavy atom. The number of amides is 1. The standard InChI is InChI=1S/C18H24N2O2S/c1-7-22-15-8-12(4)13(9-14(15)11(2)3)10-16-17(21)20(6)18(19-5)23-16/h8-11H,7H2,1-6H3/b16-10+,19-18?.